The molecule has 0 fully saturated rings. The zero-order valence-corrected chi connectivity index (χ0v) is 37.7. The second-order valence-electron chi connectivity index (χ2n) is 20.5. The van der Waals surface area contributed by atoms with Crippen molar-refractivity contribution in [2.24, 2.45) is 0 Å². The Morgan fingerprint density at radius 1 is 0.364 bits per heavy atom. The van der Waals surface area contributed by atoms with Gasteiger partial charge < -0.3 is 0 Å². The van der Waals surface area contributed by atoms with Crippen LogP contribution >= 0.6 is 0 Å². The van der Waals surface area contributed by atoms with Crippen molar-refractivity contribution < 1.29 is 23.2 Å². The average Bonchev–Trinajstić information content (AvgIpc) is 3.65. The fourth-order valence-corrected chi connectivity index (χ4v) is 13.5. The molecule has 1 heteroatoms. The van der Waals surface area contributed by atoms with Gasteiger partial charge in [0.15, 0.2) is 0 Å². The first-order valence-corrected chi connectivity index (χ1v) is 23.2. The van der Waals surface area contributed by atoms with Crippen molar-refractivity contribution in [1.82, 2.24) is 0 Å². The van der Waals surface area contributed by atoms with E-state index in [1.54, 1.807) is 0 Å². The summed E-state index contributed by atoms with van der Waals surface area (Å²) in [6.07, 6.45) is 5.16. The molecule has 0 heterocycles. The predicted molar refractivity (Wildman–Crippen MR) is 237 cm³/mol. The molecule has 2 aliphatic rings. The summed E-state index contributed by atoms with van der Waals surface area (Å²) in [4.78, 5) is 0. The number of allylic oxidation sites excluding steroid dienone is 2. The molecule has 8 rings (SSSR count). The van der Waals surface area contributed by atoms with E-state index < -0.39 is 23.2 Å². The average molecular weight is 798 g/mol. The third-order valence-electron chi connectivity index (χ3n) is 12.1. The van der Waals surface area contributed by atoms with Crippen LogP contribution in [0.25, 0.3) is 44.8 Å². The van der Waals surface area contributed by atoms with E-state index in [-0.39, 0.29) is 21.7 Å². The Morgan fingerprint density at radius 2 is 0.655 bits per heavy atom. The molecule has 278 valence electrons. The summed E-state index contributed by atoms with van der Waals surface area (Å²) in [5, 5.41) is 5.35. The zero-order valence-electron chi connectivity index (χ0n) is 35.2. The molecule has 0 aliphatic heterocycles. The van der Waals surface area contributed by atoms with Crippen molar-refractivity contribution in [2.45, 2.75) is 112 Å². The van der Waals surface area contributed by atoms with Gasteiger partial charge in [-0.25, -0.2) is 0 Å². The predicted octanol–water partition coefficient (Wildman–Crippen LogP) is 15.2. The Hall–Kier alpha value is -3.80. The molecule has 2 aliphatic carbocycles. The van der Waals surface area contributed by atoms with E-state index in [4.69, 9.17) is 0 Å². The molecule has 6 aromatic carbocycles. The maximum absolute atomic E-state index is 2.58. The van der Waals surface area contributed by atoms with Gasteiger partial charge >= 0.3 is 345 Å². The fraction of sp³-hybridized carbons (Fsp3) is 0.333. The molecule has 2 unspecified atom stereocenters. The van der Waals surface area contributed by atoms with Gasteiger partial charge in [-0.3, -0.25) is 0 Å². The number of hydrogen-bond acceptors (Lipinski definition) is 0. The molecule has 0 amide bonds. The van der Waals surface area contributed by atoms with Crippen LogP contribution in [0.4, 0.5) is 0 Å². The molecule has 55 heavy (non-hydrogen) atoms. The molecule has 0 saturated heterocycles. The van der Waals surface area contributed by atoms with Crippen LogP contribution in [0, 0.1) is 0 Å². The zero-order chi connectivity index (χ0) is 39.2. The third-order valence-corrected chi connectivity index (χ3v) is 16.8. The molecular formula is C54H58Zr. The van der Waals surface area contributed by atoms with Crippen molar-refractivity contribution in [3.8, 4) is 0 Å². The number of benzene rings is 6. The summed E-state index contributed by atoms with van der Waals surface area (Å²) >= 11 is -1.31. The third kappa shape index (κ3) is 7.32. The van der Waals surface area contributed by atoms with Crippen LogP contribution in [-0.2, 0) is 44.9 Å². The first kappa shape index (κ1) is 38.1. The summed E-state index contributed by atoms with van der Waals surface area (Å²) in [6.45, 7) is 28.4. The minimum atomic E-state index is -1.31. The minimum absolute atomic E-state index is 0.0520. The van der Waals surface area contributed by atoms with Crippen molar-refractivity contribution in [2.75, 3.05) is 0 Å². The van der Waals surface area contributed by atoms with E-state index in [9.17, 15) is 0 Å². The SMILES string of the molecule is CC(C)(C)c1cc(C2=Cc3cc4ccccc4cc3[CH]2[Zr][CH]2C(c3cc(C(C)(C)C)cc(C(C)(C)C)c3)=Cc3cc4ccccc4cc32)cc(C(C)(C)C)c1. The number of hydrogen-bond donors (Lipinski definition) is 0. The topological polar surface area (TPSA) is 0 Å². The van der Waals surface area contributed by atoms with E-state index in [1.807, 2.05) is 0 Å². The summed E-state index contributed by atoms with van der Waals surface area (Å²) in [5.74, 6) is 0. The molecule has 0 N–H and O–H groups in total. The second-order valence-corrected chi connectivity index (χ2v) is 24.1. The van der Waals surface area contributed by atoms with Gasteiger partial charge in [0.05, 0.1) is 0 Å². The number of rotatable bonds is 4. The van der Waals surface area contributed by atoms with Crippen LogP contribution in [0.1, 0.15) is 146 Å². The summed E-state index contributed by atoms with van der Waals surface area (Å²) in [6, 6.07) is 43.1. The summed E-state index contributed by atoms with van der Waals surface area (Å²) in [5.41, 5.74) is 17.7. The van der Waals surface area contributed by atoms with Crippen molar-refractivity contribution in [1.29, 1.82) is 0 Å². The molecule has 0 saturated carbocycles. The van der Waals surface area contributed by atoms with Gasteiger partial charge in [0.1, 0.15) is 0 Å². The molecule has 0 spiro atoms. The van der Waals surface area contributed by atoms with E-state index in [0.717, 1.165) is 0 Å². The van der Waals surface area contributed by atoms with Crippen molar-refractivity contribution in [3.63, 3.8) is 0 Å². The van der Waals surface area contributed by atoms with Gasteiger partial charge in [0.25, 0.3) is 0 Å². The number of fused-ring (bicyclic) bond motifs is 4. The fourth-order valence-electron chi connectivity index (χ4n) is 8.48. The molecule has 0 nitrogen and oxygen atoms in total. The van der Waals surface area contributed by atoms with E-state index in [0.29, 0.717) is 7.25 Å². The molecule has 6 aromatic rings. The normalized spacial score (nSPS) is 17.3. The van der Waals surface area contributed by atoms with Gasteiger partial charge in [0, 0.05) is 0 Å². The standard InChI is InChI=1S/2C27H29.Zr/c2*1-26(2,3)24-15-23(16-25(17-24)27(4,5)6)22-13-20-11-18-9-7-8-10-19(18)12-21(20)14-22;/h2*7-17H,1-6H3;. The Labute approximate surface area is 342 Å². The molecular weight excluding hydrogens is 740 g/mol. The van der Waals surface area contributed by atoms with Crippen LogP contribution in [0.3, 0.4) is 0 Å². The van der Waals surface area contributed by atoms with Crippen LogP contribution in [0.2, 0.25) is 0 Å². The Balaban J connectivity index is 1.35. The van der Waals surface area contributed by atoms with Gasteiger partial charge in [-0.15, -0.1) is 0 Å². The van der Waals surface area contributed by atoms with Crippen LogP contribution < -0.4 is 0 Å². The Bertz CT molecular complexity index is 2300. The van der Waals surface area contributed by atoms with E-state index >= 15 is 0 Å². The van der Waals surface area contributed by atoms with Crippen LogP contribution in [0.15, 0.2) is 109 Å². The van der Waals surface area contributed by atoms with E-state index in [1.165, 1.54) is 88.3 Å². The maximum atomic E-state index is 2.58. The monoisotopic (exact) mass is 796 g/mol. The summed E-state index contributed by atoms with van der Waals surface area (Å²) in [7, 11) is 0. The molecule has 0 aromatic heterocycles. The Morgan fingerprint density at radius 3 is 0.945 bits per heavy atom. The van der Waals surface area contributed by atoms with Crippen molar-refractivity contribution >= 4 is 44.8 Å². The van der Waals surface area contributed by atoms with Gasteiger partial charge in [-0.1, -0.05) is 0 Å². The van der Waals surface area contributed by atoms with Crippen LogP contribution in [0.5, 0.6) is 0 Å². The Kier molecular flexibility index (Phi) is 9.29. The molecule has 0 radical (unpaired) electrons. The van der Waals surface area contributed by atoms with Crippen LogP contribution in [-0.4, -0.2) is 0 Å². The molecule has 2 atom stereocenters. The van der Waals surface area contributed by atoms with E-state index in [2.05, 4.69) is 204 Å². The second kappa shape index (κ2) is 13.4. The van der Waals surface area contributed by atoms with Crippen molar-refractivity contribution in [3.05, 3.63) is 165 Å². The summed E-state index contributed by atoms with van der Waals surface area (Å²) < 4.78 is 0.815. The van der Waals surface area contributed by atoms with Gasteiger partial charge in [0.2, 0.25) is 0 Å². The molecule has 0 bridgehead atoms. The van der Waals surface area contributed by atoms with Gasteiger partial charge in [-0.05, 0) is 0 Å². The first-order valence-electron chi connectivity index (χ1n) is 20.3. The first-order chi connectivity index (χ1) is 25.7. The quantitative estimate of drug-likeness (QED) is 0.167. The van der Waals surface area contributed by atoms with Gasteiger partial charge in [-0.2, -0.15) is 0 Å².